The van der Waals surface area contributed by atoms with E-state index >= 15 is 0 Å². The first kappa shape index (κ1) is 64.8. The highest BCUT2D eigenvalue weighted by Gasteiger charge is 2.22. The van der Waals surface area contributed by atoms with Gasteiger partial charge in [-0.1, -0.05) is 55.0 Å². The molecular weight excluding hydrogens is 1100 g/mol. The van der Waals surface area contributed by atoms with Crippen LogP contribution in [0.25, 0.3) is 0 Å². The zero-order valence-electron chi connectivity index (χ0n) is 46.8. The van der Waals surface area contributed by atoms with Crippen LogP contribution in [0.15, 0.2) is 37.2 Å². The summed E-state index contributed by atoms with van der Waals surface area (Å²) in [6, 6.07) is 0. The minimum absolute atomic E-state index is 0.148. The topological polar surface area (TPSA) is 317 Å². The van der Waals surface area contributed by atoms with E-state index in [1.165, 1.54) is 9.36 Å². The van der Waals surface area contributed by atoms with E-state index < -0.39 is 0 Å². The molecule has 32 heteroatoms. The number of hydrogen-bond donors (Lipinski definition) is 0. The van der Waals surface area contributed by atoms with Crippen LogP contribution in [-0.4, -0.2) is 243 Å². The highest BCUT2D eigenvalue weighted by atomic mass is 16.5. The van der Waals surface area contributed by atoms with E-state index in [2.05, 4.69) is 85.6 Å². The fraction of sp³-hybridized carbons (Fsp3) is 0.577. The number of rotatable bonds is 47. The summed E-state index contributed by atoms with van der Waals surface area (Å²) in [7, 11) is 0. The fourth-order valence-corrected chi connectivity index (χ4v) is 7.25. The maximum absolute atomic E-state index is 13.9. The lowest BCUT2D eigenvalue weighted by Crippen LogP contribution is -2.37. The minimum atomic E-state index is -0.344. The average Bonchev–Trinajstić information content (AvgIpc) is 4.42. The molecule has 0 aliphatic rings. The third-order valence-corrected chi connectivity index (χ3v) is 11.4. The number of ether oxygens (including phenoxy) is 10. The van der Waals surface area contributed by atoms with E-state index in [0.717, 1.165) is 0 Å². The molecule has 0 spiro atoms. The van der Waals surface area contributed by atoms with Crippen molar-refractivity contribution in [3.05, 3.63) is 71.3 Å². The SMILES string of the molecule is C#CCOCCOCc1cn(CCN(CCn2cc(COCCOCC#C)nn2)C(=O)c2cn(CCOCCOCCn3cc(C(=O)N(CCn4cc(COCCOCC#C)nn4)CCn4cc(COCCOCC#C)nn4)nn3)nn2)nn1. The molecule has 32 nitrogen and oxygen atoms in total. The smallest absolute Gasteiger partial charge is 0.276 e. The van der Waals surface area contributed by atoms with Crippen LogP contribution < -0.4 is 0 Å². The summed E-state index contributed by atoms with van der Waals surface area (Å²) >= 11 is 0. The highest BCUT2D eigenvalue weighted by Crippen LogP contribution is 2.08. The first-order valence-corrected chi connectivity index (χ1v) is 26.8. The standard InChI is InChI=1S/C52H70N20O12/c1-5-19-75-27-31-81-41-45-35-67(59-53-45)13-9-65(10-14-68-36-46(54-60-68)42-82-32-28-76-20-6-2)51(73)49-39-71(63-57-49)17-23-79-25-26-80-24-18-72-40-50(58-64-72)52(74)66(11-15-69-37-47(55-61-69)43-83-33-29-77-21-7-3)12-16-70-38-48(56-62-70)44-84-34-30-78-22-8-4/h1-4,35-40H,9-34,41-44H2. The van der Waals surface area contributed by atoms with E-state index in [9.17, 15) is 9.59 Å². The third-order valence-electron chi connectivity index (χ3n) is 11.4. The molecule has 0 aliphatic heterocycles. The molecule has 0 atom stereocenters. The van der Waals surface area contributed by atoms with Crippen LogP contribution in [-0.2, 0) is 113 Å². The van der Waals surface area contributed by atoms with Gasteiger partial charge in [0.2, 0.25) is 0 Å². The molecular formula is C52H70N20O12. The van der Waals surface area contributed by atoms with Gasteiger partial charge in [-0.05, 0) is 0 Å². The molecule has 0 aliphatic carbocycles. The van der Waals surface area contributed by atoms with Gasteiger partial charge < -0.3 is 57.2 Å². The first-order valence-electron chi connectivity index (χ1n) is 26.8. The molecule has 84 heavy (non-hydrogen) atoms. The number of nitrogens with zero attached hydrogens (tertiary/aromatic N) is 20. The Hall–Kier alpha value is -8.38. The van der Waals surface area contributed by atoms with E-state index in [0.29, 0.717) is 115 Å². The minimum Gasteiger partial charge on any atom is -0.377 e. The Morgan fingerprint density at radius 3 is 0.869 bits per heavy atom. The molecule has 0 radical (unpaired) electrons. The van der Waals surface area contributed by atoms with Crippen molar-refractivity contribution >= 4 is 11.8 Å². The number of carbonyl (C=O) groups is 2. The number of terminal acetylenes is 4. The molecule has 450 valence electrons. The first-order chi connectivity index (χ1) is 41.3. The van der Waals surface area contributed by atoms with E-state index in [-0.39, 0.29) is 129 Å². The molecule has 0 saturated heterocycles. The van der Waals surface area contributed by atoms with E-state index in [4.69, 9.17) is 73.1 Å². The summed E-state index contributed by atoms with van der Waals surface area (Å²) in [4.78, 5) is 31.1. The Labute approximate surface area is 485 Å². The van der Waals surface area contributed by atoms with Gasteiger partial charge in [-0.25, -0.2) is 9.36 Å². The number of aromatic nitrogens is 18. The van der Waals surface area contributed by atoms with Gasteiger partial charge in [0.15, 0.2) is 11.4 Å². The summed E-state index contributed by atoms with van der Waals surface area (Å²) in [5.74, 6) is 8.94. The molecule has 6 aromatic heterocycles. The van der Waals surface area contributed by atoms with Crippen molar-refractivity contribution in [1.82, 2.24) is 99.8 Å². The molecule has 6 rings (SSSR count). The summed E-state index contributed by atoms with van der Waals surface area (Å²) in [6.07, 6.45) is 31.0. The highest BCUT2D eigenvalue weighted by molar-refractivity contribution is 5.92. The number of hydrogen-bond acceptors (Lipinski definition) is 24. The molecule has 6 aromatic rings. The van der Waals surface area contributed by atoms with Gasteiger partial charge in [0.25, 0.3) is 11.8 Å². The van der Waals surface area contributed by atoms with Crippen molar-refractivity contribution in [3.8, 4) is 49.4 Å². The van der Waals surface area contributed by atoms with Crippen LogP contribution in [0.3, 0.4) is 0 Å². The second-order valence-electron chi connectivity index (χ2n) is 17.7. The molecule has 0 aromatic carbocycles. The zero-order valence-corrected chi connectivity index (χ0v) is 46.8. The van der Waals surface area contributed by atoms with Gasteiger partial charge >= 0.3 is 0 Å². The van der Waals surface area contributed by atoms with Gasteiger partial charge in [-0.2, -0.15) is 0 Å². The summed E-state index contributed by atoms with van der Waals surface area (Å²) < 4.78 is 64.5. The van der Waals surface area contributed by atoms with Crippen LogP contribution in [0.4, 0.5) is 0 Å². The molecule has 0 fully saturated rings. The monoisotopic (exact) mass is 1170 g/mol. The van der Waals surface area contributed by atoms with Crippen molar-refractivity contribution in [2.75, 3.05) is 132 Å². The van der Waals surface area contributed by atoms with Crippen LogP contribution >= 0.6 is 0 Å². The van der Waals surface area contributed by atoms with Gasteiger partial charge in [0.05, 0.1) is 182 Å². The summed E-state index contributed by atoms with van der Waals surface area (Å²) in [5.41, 5.74) is 2.77. The zero-order chi connectivity index (χ0) is 59.1. The van der Waals surface area contributed by atoms with Crippen LogP contribution in [0.1, 0.15) is 43.8 Å². The van der Waals surface area contributed by atoms with Gasteiger partial charge in [0.1, 0.15) is 49.2 Å². The molecule has 2 amide bonds. The van der Waals surface area contributed by atoms with Crippen molar-refractivity contribution in [1.29, 1.82) is 0 Å². The molecule has 6 heterocycles. The predicted octanol–water partition coefficient (Wildman–Crippen LogP) is -1.68. The van der Waals surface area contributed by atoms with Crippen molar-refractivity contribution < 1.29 is 57.0 Å². The van der Waals surface area contributed by atoms with Crippen molar-refractivity contribution in [2.45, 2.75) is 65.7 Å². The Kier molecular flexibility index (Phi) is 30.2. The van der Waals surface area contributed by atoms with E-state index in [1.54, 1.807) is 65.7 Å². The van der Waals surface area contributed by atoms with Gasteiger partial charge in [-0.15, -0.1) is 56.3 Å². The van der Waals surface area contributed by atoms with Crippen LogP contribution in [0.5, 0.6) is 0 Å². The lowest BCUT2D eigenvalue weighted by molar-refractivity contribution is 0.0402. The Morgan fingerprint density at radius 2 is 0.583 bits per heavy atom. The van der Waals surface area contributed by atoms with Crippen LogP contribution in [0, 0.1) is 49.4 Å². The Bertz CT molecular complexity index is 2650. The van der Waals surface area contributed by atoms with Gasteiger partial charge in [-0.3, -0.25) is 28.3 Å². The third kappa shape index (κ3) is 25.0. The largest absolute Gasteiger partial charge is 0.377 e. The normalized spacial score (nSPS) is 11.1. The lowest BCUT2D eigenvalue weighted by atomic mass is 10.3. The average molecular weight is 1170 g/mol. The quantitative estimate of drug-likeness (QED) is 0.0304. The molecule has 0 unspecified atom stereocenters. The van der Waals surface area contributed by atoms with Crippen molar-refractivity contribution in [3.63, 3.8) is 0 Å². The van der Waals surface area contributed by atoms with E-state index in [1.807, 2.05) is 0 Å². The number of carbonyl (C=O) groups excluding carboxylic acids is 2. The Morgan fingerprint density at radius 1 is 0.333 bits per heavy atom. The second-order valence-corrected chi connectivity index (χ2v) is 17.7. The summed E-state index contributed by atoms with van der Waals surface area (Å²) in [5, 5.41) is 50.2. The van der Waals surface area contributed by atoms with Gasteiger partial charge in [0, 0.05) is 26.2 Å². The maximum Gasteiger partial charge on any atom is 0.276 e. The molecule has 0 bridgehead atoms. The fourth-order valence-electron chi connectivity index (χ4n) is 7.25. The summed E-state index contributed by atoms with van der Waals surface area (Å²) in [6.45, 7) is 8.77. The van der Waals surface area contributed by atoms with Crippen molar-refractivity contribution in [2.24, 2.45) is 0 Å². The van der Waals surface area contributed by atoms with Crippen LogP contribution in [0.2, 0.25) is 0 Å². The lowest BCUT2D eigenvalue weighted by Gasteiger charge is -2.21. The second kappa shape index (κ2) is 39.2. The Balaban J connectivity index is 0.927. The maximum atomic E-state index is 13.9. The molecule has 0 N–H and O–H groups in total. The predicted molar refractivity (Wildman–Crippen MR) is 291 cm³/mol. The molecule has 0 saturated carbocycles. The number of amides is 2.